The lowest BCUT2D eigenvalue weighted by Gasteiger charge is -2.30. The van der Waals surface area contributed by atoms with Crippen LogP contribution in [-0.2, 0) is 20.9 Å². The van der Waals surface area contributed by atoms with Crippen LogP contribution in [-0.4, -0.2) is 60.0 Å². The zero-order chi connectivity index (χ0) is 30.9. The number of carboxylic acid groups (broad SMARTS) is 1. The molecular formula is C34H41N3O6. The third-order valence-electron chi connectivity index (χ3n) is 7.08. The van der Waals surface area contributed by atoms with Gasteiger partial charge in [0.2, 0.25) is 6.08 Å². The fraction of sp³-hybridized carbons (Fsp3) is 0.382. The molecule has 1 fully saturated rings. The summed E-state index contributed by atoms with van der Waals surface area (Å²) in [5, 5.41) is 12.5. The largest absolute Gasteiger partial charge is 0.478 e. The summed E-state index contributed by atoms with van der Waals surface area (Å²) >= 11 is 0. The molecule has 0 radical (unpaired) electrons. The first-order valence-corrected chi connectivity index (χ1v) is 14.7. The number of amides is 2. The van der Waals surface area contributed by atoms with E-state index in [1.165, 1.54) is 6.08 Å². The van der Waals surface area contributed by atoms with Crippen LogP contribution in [0.5, 0.6) is 0 Å². The van der Waals surface area contributed by atoms with E-state index >= 15 is 0 Å². The highest BCUT2D eigenvalue weighted by Gasteiger charge is 2.24. The Morgan fingerprint density at radius 3 is 2.28 bits per heavy atom. The second kappa shape index (κ2) is 18.3. The number of nitrogens with one attached hydrogen (secondary N) is 1. The van der Waals surface area contributed by atoms with Crippen molar-refractivity contribution in [3.05, 3.63) is 95.6 Å². The molecular weight excluding hydrogens is 546 g/mol. The molecule has 9 nitrogen and oxygen atoms in total. The van der Waals surface area contributed by atoms with Gasteiger partial charge in [-0.1, -0.05) is 61.5 Å². The number of isocyanates is 1. The third-order valence-corrected chi connectivity index (χ3v) is 7.08. The Kier molecular flexibility index (Phi) is 14.1. The van der Waals surface area contributed by atoms with E-state index in [0.717, 1.165) is 43.4 Å². The summed E-state index contributed by atoms with van der Waals surface area (Å²) in [5.74, 6) is -0.922. The van der Waals surface area contributed by atoms with Crippen LogP contribution in [0, 0.1) is 6.92 Å². The fourth-order valence-corrected chi connectivity index (χ4v) is 4.96. The minimum absolute atomic E-state index is 0.0361. The molecule has 0 saturated heterocycles. The Bertz CT molecular complexity index is 1330. The van der Waals surface area contributed by atoms with E-state index in [2.05, 4.69) is 17.2 Å². The number of ether oxygens (including phenoxy) is 2. The highest BCUT2D eigenvalue weighted by atomic mass is 16.5. The van der Waals surface area contributed by atoms with Gasteiger partial charge in [-0.05, 0) is 74.4 Å². The highest BCUT2D eigenvalue weighted by molar-refractivity contribution is 5.91. The molecule has 2 amide bonds. The van der Waals surface area contributed by atoms with Crippen LogP contribution in [0.2, 0.25) is 0 Å². The smallest absolute Gasteiger partial charge is 0.336 e. The Balaban J connectivity index is 0.000000480. The molecule has 0 heterocycles. The van der Waals surface area contributed by atoms with Crippen molar-refractivity contribution in [2.24, 2.45) is 4.99 Å². The number of nitrogens with zero attached hydrogens (tertiary/aromatic N) is 2. The molecule has 2 atom stereocenters. The summed E-state index contributed by atoms with van der Waals surface area (Å²) in [6.45, 7) is 5.81. The molecule has 0 spiro atoms. The van der Waals surface area contributed by atoms with E-state index in [1.807, 2.05) is 60.7 Å². The number of anilines is 1. The van der Waals surface area contributed by atoms with Crippen molar-refractivity contribution in [3.8, 4) is 0 Å². The van der Waals surface area contributed by atoms with Crippen LogP contribution >= 0.6 is 0 Å². The summed E-state index contributed by atoms with van der Waals surface area (Å²) in [5.41, 5.74) is 3.20. The lowest BCUT2D eigenvalue weighted by Crippen LogP contribution is -2.39. The van der Waals surface area contributed by atoms with Crippen molar-refractivity contribution in [1.29, 1.82) is 0 Å². The van der Waals surface area contributed by atoms with E-state index < -0.39 is 5.97 Å². The minimum Gasteiger partial charge on any atom is -0.478 e. The molecule has 0 aliphatic heterocycles. The summed E-state index contributed by atoms with van der Waals surface area (Å²) in [4.78, 5) is 39.1. The van der Waals surface area contributed by atoms with E-state index in [0.29, 0.717) is 36.5 Å². The molecule has 228 valence electrons. The van der Waals surface area contributed by atoms with E-state index in [9.17, 15) is 19.5 Å². The average molecular weight is 588 g/mol. The number of benzene rings is 3. The maximum atomic E-state index is 12.7. The zero-order valence-corrected chi connectivity index (χ0v) is 24.9. The number of carbonyl (C=O) groups excluding carboxylic acids is 2. The lowest BCUT2D eigenvalue weighted by molar-refractivity contribution is -0.0522. The van der Waals surface area contributed by atoms with Gasteiger partial charge in [-0.15, -0.1) is 0 Å². The van der Waals surface area contributed by atoms with Crippen molar-refractivity contribution in [2.75, 3.05) is 25.0 Å². The van der Waals surface area contributed by atoms with Gasteiger partial charge in [-0.2, -0.15) is 4.99 Å². The van der Waals surface area contributed by atoms with Crippen molar-refractivity contribution >= 4 is 29.5 Å². The average Bonchev–Trinajstić information content (AvgIpc) is 3.01. The molecule has 0 aromatic heterocycles. The summed E-state index contributed by atoms with van der Waals surface area (Å²) in [6, 6.07) is 23.8. The van der Waals surface area contributed by atoms with E-state index in [-0.39, 0.29) is 24.8 Å². The second-order valence-electron chi connectivity index (χ2n) is 10.3. The van der Waals surface area contributed by atoms with Gasteiger partial charge in [0.15, 0.2) is 0 Å². The van der Waals surface area contributed by atoms with Crippen molar-refractivity contribution in [2.45, 2.75) is 64.8 Å². The first-order valence-electron chi connectivity index (χ1n) is 14.7. The summed E-state index contributed by atoms with van der Waals surface area (Å²) < 4.78 is 12.2. The topological polar surface area (TPSA) is 118 Å². The fourth-order valence-electron chi connectivity index (χ4n) is 4.96. The number of urea groups is 1. The van der Waals surface area contributed by atoms with Crippen molar-refractivity contribution in [3.63, 3.8) is 0 Å². The van der Waals surface area contributed by atoms with E-state index in [1.54, 1.807) is 30.0 Å². The van der Waals surface area contributed by atoms with Gasteiger partial charge < -0.3 is 24.8 Å². The number of aromatic carboxylic acids is 1. The number of hydrogen-bond donors (Lipinski definition) is 2. The second-order valence-corrected chi connectivity index (χ2v) is 10.3. The maximum absolute atomic E-state index is 12.7. The third kappa shape index (κ3) is 11.5. The Morgan fingerprint density at radius 2 is 1.63 bits per heavy atom. The number of aliphatic imine (C=N–C) groups is 1. The normalized spacial score (nSPS) is 15.8. The van der Waals surface area contributed by atoms with Gasteiger partial charge >= 0.3 is 12.0 Å². The van der Waals surface area contributed by atoms with Crippen LogP contribution < -0.4 is 5.32 Å². The molecule has 1 aliphatic rings. The molecule has 3 aromatic carbocycles. The van der Waals surface area contributed by atoms with Crippen LogP contribution in [0.4, 0.5) is 16.2 Å². The van der Waals surface area contributed by atoms with Gasteiger partial charge in [-0.25, -0.2) is 14.4 Å². The first-order chi connectivity index (χ1) is 20.9. The maximum Gasteiger partial charge on any atom is 0.336 e. The molecule has 43 heavy (non-hydrogen) atoms. The standard InChI is InChI=1S/C27H36N2O5.C7H5NO/c1-3-15-29(27(32)28-22-11-5-4-6-12-22)16-17-33-23-13-8-14-24(18-23)34-19-21-10-7-9-20(2)25(21)26(30)31;9-6-8-7-4-2-1-3-5-7/h4-7,9-12,23-24H,3,8,13-19H2,1-2H3,(H,28,32)(H,30,31);1-5H/t23-,24+;/m0./s1. The molecule has 2 N–H and O–H groups in total. The molecule has 9 heteroatoms. The van der Waals surface area contributed by atoms with Gasteiger partial charge in [0.25, 0.3) is 0 Å². The first kappa shape index (κ1) is 33.2. The highest BCUT2D eigenvalue weighted by Crippen LogP contribution is 2.25. The van der Waals surface area contributed by atoms with Crippen molar-refractivity contribution in [1.82, 2.24) is 4.90 Å². The molecule has 0 bridgehead atoms. The molecule has 4 rings (SSSR count). The lowest BCUT2D eigenvalue weighted by atomic mass is 9.94. The molecule has 1 aliphatic carbocycles. The number of hydrogen-bond acceptors (Lipinski definition) is 6. The predicted molar refractivity (Wildman–Crippen MR) is 166 cm³/mol. The number of carboxylic acids is 1. The van der Waals surface area contributed by atoms with Gasteiger partial charge in [0, 0.05) is 18.8 Å². The van der Waals surface area contributed by atoms with Gasteiger partial charge in [0.1, 0.15) is 0 Å². The van der Waals surface area contributed by atoms with Crippen LogP contribution in [0.15, 0.2) is 83.9 Å². The van der Waals surface area contributed by atoms with Crippen LogP contribution in [0.25, 0.3) is 0 Å². The monoisotopic (exact) mass is 587 g/mol. The van der Waals surface area contributed by atoms with Gasteiger partial charge in [-0.3, -0.25) is 0 Å². The van der Waals surface area contributed by atoms with Gasteiger partial charge in [0.05, 0.1) is 36.7 Å². The predicted octanol–water partition coefficient (Wildman–Crippen LogP) is 7.14. The molecule has 3 aromatic rings. The Morgan fingerprint density at radius 1 is 0.953 bits per heavy atom. The minimum atomic E-state index is -0.922. The van der Waals surface area contributed by atoms with E-state index in [4.69, 9.17) is 9.47 Å². The Labute approximate surface area is 253 Å². The molecule has 0 unspecified atom stereocenters. The molecule has 1 saturated carbocycles. The zero-order valence-electron chi connectivity index (χ0n) is 24.9. The number of rotatable bonds is 12. The Hall–Kier alpha value is -4.30. The van der Waals surface area contributed by atoms with Crippen LogP contribution in [0.1, 0.15) is 60.5 Å². The number of aryl methyl sites for hydroxylation is 1. The van der Waals surface area contributed by atoms with Crippen LogP contribution in [0.3, 0.4) is 0 Å². The number of carbonyl (C=O) groups is 2. The summed E-state index contributed by atoms with van der Waals surface area (Å²) in [6.07, 6.45) is 6.13. The van der Waals surface area contributed by atoms with Crippen molar-refractivity contribution < 1.29 is 29.0 Å². The quantitative estimate of drug-likeness (QED) is 0.172. The SMILES string of the molecule is CCCN(CCO[C@H]1CCC[C@@H](OCc2cccc(C)c2C(=O)O)C1)C(=O)Nc1ccccc1.O=C=Nc1ccccc1. The summed E-state index contributed by atoms with van der Waals surface area (Å²) in [7, 11) is 0. The number of para-hydroxylation sites is 2.